The number of hydrogen-bond acceptors (Lipinski definition) is 5. The second-order valence-electron chi connectivity index (χ2n) is 8.32. The van der Waals surface area contributed by atoms with E-state index < -0.39 is 21.5 Å². The molecule has 0 bridgehead atoms. The molecule has 2 aromatic carbocycles. The highest BCUT2D eigenvalue weighted by Gasteiger charge is 2.32. The molecule has 32 heavy (non-hydrogen) atoms. The highest BCUT2D eigenvalue weighted by molar-refractivity contribution is 7.89. The smallest absolute Gasteiger partial charge is 0.267 e. The fraction of sp³-hybridized carbons (Fsp3) is 0.318. The van der Waals surface area contributed by atoms with Crippen LogP contribution in [0.3, 0.4) is 0 Å². The van der Waals surface area contributed by atoms with Crippen molar-refractivity contribution in [3.63, 3.8) is 0 Å². The molecule has 3 aromatic rings. The van der Waals surface area contributed by atoms with Crippen LogP contribution >= 0.6 is 11.6 Å². The minimum Gasteiger partial charge on any atom is -0.267 e. The predicted molar refractivity (Wildman–Crippen MR) is 123 cm³/mol. The standard InChI is InChI=1S/C22H23ClN4O4S/c1-14-8-15(2)12-26(11-14)32(30,31)18-5-3-4-16(9-18)21(28)25-27-13-24-20-7-6-17(23)10-19(20)22(27)29/h3-7,9-10,13-15H,8,11-12H2,1-2H3,(H,25,28)/t14-,15-/m0/s1. The summed E-state index contributed by atoms with van der Waals surface area (Å²) in [6.45, 7) is 4.96. The Hall–Kier alpha value is -2.75. The Morgan fingerprint density at radius 2 is 1.84 bits per heavy atom. The predicted octanol–water partition coefficient (Wildman–Crippen LogP) is 3.10. The molecular formula is C22H23ClN4O4S. The van der Waals surface area contributed by atoms with Gasteiger partial charge in [0, 0.05) is 23.7 Å². The lowest BCUT2D eigenvalue weighted by Gasteiger charge is -2.34. The molecule has 168 valence electrons. The molecule has 1 saturated heterocycles. The van der Waals surface area contributed by atoms with Crippen LogP contribution in [0.2, 0.25) is 5.02 Å². The number of amides is 1. The summed E-state index contributed by atoms with van der Waals surface area (Å²) < 4.78 is 28.8. The van der Waals surface area contributed by atoms with Crippen molar-refractivity contribution in [1.82, 2.24) is 14.0 Å². The van der Waals surface area contributed by atoms with E-state index in [4.69, 9.17) is 11.6 Å². The number of carbonyl (C=O) groups excluding carboxylic acids is 1. The highest BCUT2D eigenvalue weighted by Crippen LogP contribution is 2.27. The van der Waals surface area contributed by atoms with Crippen LogP contribution in [0.15, 0.2) is 58.5 Å². The van der Waals surface area contributed by atoms with E-state index >= 15 is 0 Å². The van der Waals surface area contributed by atoms with Gasteiger partial charge < -0.3 is 0 Å². The quantitative estimate of drug-likeness (QED) is 0.626. The number of nitrogens with zero attached hydrogens (tertiary/aromatic N) is 3. The van der Waals surface area contributed by atoms with Crippen molar-refractivity contribution in [3.05, 3.63) is 69.7 Å². The average molecular weight is 475 g/mol. The van der Waals surface area contributed by atoms with Crippen molar-refractivity contribution >= 4 is 38.4 Å². The number of hydrogen-bond donors (Lipinski definition) is 1. The fourth-order valence-corrected chi connectivity index (χ4v) is 5.99. The van der Waals surface area contributed by atoms with Gasteiger partial charge in [-0.3, -0.25) is 15.0 Å². The molecule has 1 aliphatic rings. The van der Waals surface area contributed by atoms with Crippen molar-refractivity contribution in [2.24, 2.45) is 11.8 Å². The molecule has 8 nitrogen and oxygen atoms in total. The Bertz CT molecular complexity index is 1350. The van der Waals surface area contributed by atoms with Crippen LogP contribution in [0.4, 0.5) is 0 Å². The Kier molecular flexibility index (Phi) is 6.07. The monoisotopic (exact) mass is 474 g/mol. The van der Waals surface area contributed by atoms with Gasteiger partial charge in [-0.1, -0.05) is 31.5 Å². The summed E-state index contributed by atoms with van der Waals surface area (Å²) >= 11 is 5.96. The summed E-state index contributed by atoms with van der Waals surface area (Å²) in [4.78, 5) is 29.7. The van der Waals surface area contributed by atoms with Crippen LogP contribution in [0.5, 0.6) is 0 Å². The lowest BCUT2D eigenvalue weighted by molar-refractivity contribution is 0.101. The SMILES string of the molecule is C[C@H]1C[C@H](C)CN(S(=O)(=O)c2cccc(C(=O)Nn3cnc4ccc(Cl)cc4c3=O)c2)C1. The number of piperidine rings is 1. The van der Waals surface area contributed by atoms with Gasteiger partial charge in [-0.05, 0) is 54.7 Å². The average Bonchev–Trinajstić information content (AvgIpc) is 2.75. The number of rotatable bonds is 4. The van der Waals surface area contributed by atoms with Crippen LogP contribution in [-0.2, 0) is 10.0 Å². The molecule has 1 N–H and O–H groups in total. The molecule has 1 aliphatic heterocycles. The molecule has 1 fully saturated rings. The molecule has 0 spiro atoms. The zero-order valence-corrected chi connectivity index (χ0v) is 19.2. The van der Waals surface area contributed by atoms with Crippen molar-refractivity contribution in [2.75, 3.05) is 18.5 Å². The Morgan fingerprint density at radius 3 is 2.56 bits per heavy atom. The summed E-state index contributed by atoms with van der Waals surface area (Å²) in [7, 11) is -3.74. The van der Waals surface area contributed by atoms with Crippen LogP contribution in [0.25, 0.3) is 10.9 Å². The Labute approximate surface area is 190 Å². The van der Waals surface area contributed by atoms with Crippen molar-refractivity contribution in [2.45, 2.75) is 25.2 Å². The second kappa shape index (κ2) is 8.65. The van der Waals surface area contributed by atoms with Crippen molar-refractivity contribution < 1.29 is 13.2 Å². The molecule has 4 rings (SSSR count). The van der Waals surface area contributed by atoms with Gasteiger partial charge in [0.25, 0.3) is 11.5 Å². The van der Waals surface area contributed by atoms with Crippen LogP contribution in [0.1, 0.15) is 30.6 Å². The first-order valence-electron chi connectivity index (χ1n) is 10.2. The first-order chi connectivity index (χ1) is 15.1. The van der Waals surface area contributed by atoms with Gasteiger partial charge >= 0.3 is 0 Å². The van der Waals surface area contributed by atoms with E-state index in [2.05, 4.69) is 10.4 Å². The molecular weight excluding hydrogens is 452 g/mol. The number of carbonyl (C=O) groups is 1. The number of sulfonamides is 1. The largest absolute Gasteiger partial charge is 0.280 e. The third-order valence-electron chi connectivity index (χ3n) is 5.51. The fourth-order valence-electron chi connectivity index (χ4n) is 4.10. The normalized spacial score (nSPS) is 19.7. The van der Waals surface area contributed by atoms with Gasteiger partial charge in [0.2, 0.25) is 10.0 Å². The van der Waals surface area contributed by atoms with E-state index in [1.807, 2.05) is 13.8 Å². The lowest BCUT2D eigenvalue weighted by Crippen LogP contribution is -2.42. The van der Waals surface area contributed by atoms with E-state index in [9.17, 15) is 18.0 Å². The van der Waals surface area contributed by atoms with Gasteiger partial charge in [0.1, 0.15) is 6.33 Å². The Balaban J connectivity index is 1.61. The molecule has 0 unspecified atom stereocenters. The number of aromatic nitrogens is 2. The number of nitrogens with one attached hydrogen (secondary N) is 1. The van der Waals surface area contributed by atoms with Gasteiger partial charge in [-0.2, -0.15) is 4.31 Å². The van der Waals surface area contributed by atoms with E-state index in [1.165, 1.54) is 41.0 Å². The third kappa shape index (κ3) is 4.41. The topological polar surface area (TPSA) is 101 Å². The molecule has 1 aromatic heterocycles. The molecule has 2 atom stereocenters. The van der Waals surface area contributed by atoms with E-state index in [-0.39, 0.29) is 27.7 Å². The van der Waals surface area contributed by atoms with Crippen molar-refractivity contribution in [1.29, 1.82) is 0 Å². The lowest BCUT2D eigenvalue weighted by atomic mass is 9.94. The minimum absolute atomic E-state index is 0.0437. The summed E-state index contributed by atoms with van der Waals surface area (Å²) in [5.41, 5.74) is 2.53. The van der Waals surface area contributed by atoms with Gasteiger partial charge in [0.05, 0.1) is 15.8 Å². The summed E-state index contributed by atoms with van der Waals surface area (Å²) in [6.07, 6.45) is 2.18. The maximum Gasteiger partial charge on any atom is 0.280 e. The number of fused-ring (bicyclic) bond motifs is 1. The molecule has 0 saturated carbocycles. The molecule has 0 radical (unpaired) electrons. The first-order valence-corrected chi connectivity index (χ1v) is 12.1. The summed E-state index contributed by atoms with van der Waals surface area (Å²) in [5, 5.41) is 0.629. The van der Waals surface area contributed by atoms with Gasteiger partial charge in [-0.15, -0.1) is 0 Å². The van der Waals surface area contributed by atoms with Crippen LogP contribution < -0.4 is 11.0 Å². The number of halogens is 1. The highest BCUT2D eigenvalue weighted by atomic mass is 35.5. The van der Waals surface area contributed by atoms with E-state index in [0.29, 0.717) is 23.6 Å². The molecule has 10 heteroatoms. The third-order valence-corrected chi connectivity index (χ3v) is 7.57. The van der Waals surface area contributed by atoms with Crippen LogP contribution in [0, 0.1) is 11.8 Å². The second-order valence-corrected chi connectivity index (χ2v) is 10.7. The minimum atomic E-state index is -3.74. The summed E-state index contributed by atoms with van der Waals surface area (Å²) in [6, 6.07) is 10.5. The first kappa shape index (κ1) is 22.4. The van der Waals surface area contributed by atoms with E-state index in [1.54, 1.807) is 12.1 Å². The number of benzene rings is 2. The maximum atomic E-state index is 13.2. The van der Waals surface area contributed by atoms with Crippen LogP contribution in [-0.4, -0.2) is 41.4 Å². The Morgan fingerprint density at radius 1 is 1.12 bits per heavy atom. The molecule has 0 aliphatic carbocycles. The van der Waals surface area contributed by atoms with E-state index in [0.717, 1.165) is 11.1 Å². The molecule has 1 amide bonds. The zero-order chi connectivity index (χ0) is 23.0. The van der Waals surface area contributed by atoms with Crippen molar-refractivity contribution in [3.8, 4) is 0 Å². The summed E-state index contributed by atoms with van der Waals surface area (Å²) in [5.74, 6) is -0.103. The zero-order valence-electron chi connectivity index (χ0n) is 17.7. The maximum absolute atomic E-state index is 13.2. The molecule has 2 heterocycles. The van der Waals surface area contributed by atoms with Gasteiger partial charge in [0.15, 0.2) is 0 Å². The van der Waals surface area contributed by atoms with Gasteiger partial charge in [-0.25, -0.2) is 18.1 Å².